The Labute approximate surface area is 97.5 Å². The van der Waals surface area contributed by atoms with Crippen molar-refractivity contribution in [2.24, 2.45) is 0 Å². The molecule has 2 aromatic rings. The molecule has 0 bridgehead atoms. The lowest BCUT2D eigenvalue weighted by atomic mass is 10.2. The molecule has 0 saturated heterocycles. The fourth-order valence-electron chi connectivity index (χ4n) is 1.15. The van der Waals surface area contributed by atoms with Crippen LogP contribution < -0.4 is 0 Å². The number of benzene rings is 1. The van der Waals surface area contributed by atoms with Crippen molar-refractivity contribution >= 4 is 45.2 Å². The summed E-state index contributed by atoms with van der Waals surface area (Å²) in [5, 5.41) is 0.628. The van der Waals surface area contributed by atoms with Crippen LogP contribution in [-0.2, 0) is 11.1 Å². The van der Waals surface area contributed by atoms with Crippen LogP contribution in [0.3, 0.4) is 0 Å². The number of aromatic nitrogens is 2. The van der Waals surface area contributed by atoms with Gasteiger partial charge in [0.2, 0.25) is 5.28 Å². The zero-order valence-corrected chi connectivity index (χ0v) is 9.44. The second kappa shape index (κ2) is 4.02. The zero-order chi connectivity index (χ0) is 11.0. The molecule has 1 heterocycles. The first-order valence-electron chi connectivity index (χ1n) is 3.80. The lowest BCUT2D eigenvalue weighted by Crippen LogP contribution is -1.91. The van der Waals surface area contributed by atoms with Gasteiger partial charge in [0.15, 0.2) is 0 Å². The average Bonchev–Trinajstić information content (AvgIpc) is 2.16. The summed E-state index contributed by atoms with van der Waals surface area (Å²) in [6.07, 6.45) is 0. The predicted octanol–water partition coefficient (Wildman–Crippen LogP) is 2.17. The molecule has 1 unspecified atom stereocenters. The second-order valence-electron chi connectivity index (χ2n) is 2.70. The molecular formula is C8H3Cl2N2O2S-. The van der Waals surface area contributed by atoms with Crippen molar-refractivity contribution in [3.63, 3.8) is 0 Å². The van der Waals surface area contributed by atoms with Crippen molar-refractivity contribution in [3.8, 4) is 0 Å². The van der Waals surface area contributed by atoms with Gasteiger partial charge in [-0.15, -0.1) is 0 Å². The summed E-state index contributed by atoms with van der Waals surface area (Å²) < 4.78 is 21.4. The van der Waals surface area contributed by atoms with Crippen molar-refractivity contribution in [2.45, 2.75) is 4.90 Å². The Morgan fingerprint density at radius 3 is 2.67 bits per heavy atom. The molecule has 0 fully saturated rings. The molecule has 4 nitrogen and oxygen atoms in total. The van der Waals surface area contributed by atoms with E-state index in [9.17, 15) is 8.76 Å². The predicted molar refractivity (Wildman–Crippen MR) is 56.7 cm³/mol. The molecule has 0 saturated carbocycles. The van der Waals surface area contributed by atoms with Gasteiger partial charge in [0.1, 0.15) is 5.15 Å². The smallest absolute Gasteiger partial charge is 0.224 e. The van der Waals surface area contributed by atoms with Gasteiger partial charge < -0.3 is 4.55 Å². The first kappa shape index (κ1) is 10.8. The highest BCUT2D eigenvalue weighted by Gasteiger charge is 2.05. The molecule has 2 rings (SSSR count). The topological polar surface area (TPSA) is 65.9 Å². The highest BCUT2D eigenvalue weighted by molar-refractivity contribution is 7.79. The largest absolute Gasteiger partial charge is 0.768 e. The van der Waals surface area contributed by atoms with E-state index in [0.717, 1.165) is 0 Å². The average molecular weight is 262 g/mol. The molecule has 7 heteroatoms. The normalized spacial score (nSPS) is 13.0. The van der Waals surface area contributed by atoms with Crippen LogP contribution in [0.2, 0.25) is 10.4 Å². The summed E-state index contributed by atoms with van der Waals surface area (Å²) >= 11 is 9.10. The third-order valence-corrected chi connectivity index (χ3v) is 2.88. The van der Waals surface area contributed by atoms with Crippen molar-refractivity contribution in [1.29, 1.82) is 0 Å². The van der Waals surface area contributed by atoms with Crippen LogP contribution in [0.5, 0.6) is 0 Å². The van der Waals surface area contributed by atoms with Gasteiger partial charge in [-0.05, 0) is 40.9 Å². The molecule has 0 spiro atoms. The highest BCUT2D eigenvalue weighted by atomic mass is 35.5. The molecule has 1 aromatic heterocycles. The third-order valence-electron chi connectivity index (χ3n) is 1.79. The van der Waals surface area contributed by atoms with Crippen LogP contribution in [0.4, 0.5) is 0 Å². The number of hydrogen-bond donors (Lipinski definition) is 0. The van der Waals surface area contributed by atoms with E-state index in [4.69, 9.17) is 23.2 Å². The first-order valence-corrected chi connectivity index (χ1v) is 5.63. The van der Waals surface area contributed by atoms with Gasteiger partial charge in [0.05, 0.1) is 5.52 Å². The van der Waals surface area contributed by atoms with Crippen molar-refractivity contribution in [1.82, 2.24) is 9.97 Å². The van der Waals surface area contributed by atoms with Gasteiger partial charge >= 0.3 is 0 Å². The summed E-state index contributed by atoms with van der Waals surface area (Å²) in [7, 11) is 0. The van der Waals surface area contributed by atoms with Gasteiger partial charge in [-0.1, -0.05) is 11.6 Å². The minimum atomic E-state index is -2.30. The Kier molecular flexibility index (Phi) is 2.88. The van der Waals surface area contributed by atoms with Crippen molar-refractivity contribution < 1.29 is 8.76 Å². The van der Waals surface area contributed by atoms with Gasteiger partial charge in [0.25, 0.3) is 0 Å². The number of halogens is 2. The molecule has 0 aliphatic heterocycles. The van der Waals surface area contributed by atoms with Gasteiger partial charge in [0, 0.05) is 10.3 Å². The van der Waals surface area contributed by atoms with E-state index in [1.165, 1.54) is 18.2 Å². The monoisotopic (exact) mass is 261 g/mol. The third kappa shape index (κ3) is 2.10. The van der Waals surface area contributed by atoms with E-state index < -0.39 is 11.1 Å². The van der Waals surface area contributed by atoms with Gasteiger partial charge in [-0.3, -0.25) is 4.21 Å². The SMILES string of the molecule is O=S([O-])c1ccc2nc(Cl)nc(Cl)c2c1. The highest BCUT2D eigenvalue weighted by Crippen LogP contribution is 2.23. The number of rotatable bonds is 1. The molecular weight excluding hydrogens is 259 g/mol. The Bertz CT molecular complexity index is 562. The second-order valence-corrected chi connectivity index (χ2v) is 4.33. The fourth-order valence-corrected chi connectivity index (χ4v) is 1.99. The van der Waals surface area contributed by atoms with E-state index in [0.29, 0.717) is 10.9 Å². The fraction of sp³-hybridized carbons (Fsp3) is 0. The van der Waals surface area contributed by atoms with E-state index in [2.05, 4.69) is 9.97 Å². The zero-order valence-electron chi connectivity index (χ0n) is 7.11. The lowest BCUT2D eigenvalue weighted by Gasteiger charge is -2.06. The Hall–Kier alpha value is -0.750. The maximum absolute atomic E-state index is 10.7. The van der Waals surface area contributed by atoms with Crippen LogP contribution in [0, 0.1) is 0 Å². The van der Waals surface area contributed by atoms with Crippen molar-refractivity contribution in [2.75, 3.05) is 0 Å². The van der Waals surface area contributed by atoms with Crippen LogP contribution in [0.15, 0.2) is 23.1 Å². The molecule has 15 heavy (non-hydrogen) atoms. The lowest BCUT2D eigenvalue weighted by molar-refractivity contribution is 0.537. The number of nitrogens with zero attached hydrogens (tertiary/aromatic N) is 2. The molecule has 0 N–H and O–H groups in total. The van der Waals surface area contributed by atoms with E-state index in [1.807, 2.05) is 0 Å². The van der Waals surface area contributed by atoms with E-state index in [1.54, 1.807) is 0 Å². The van der Waals surface area contributed by atoms with Crippen LogP contribution >= 0.6 is 23.2 Å². The van der Waals surface area contributed by atoms with Gasteiger partial charge in [-0.25, -0.2) is 9.97 Å². The van der Waals surface area contributed by atoms with Crippen LogP contribution in [-0.4, -0.2) is 18.7 Å². The van der Waals surface area contributed by atoms with E-state index in [-0.39, 0.29) is 15.3 Å². The molecule has 1 aromatic carbocycles. The van der Waals surface area contributed by atoms with Crippen LogP contribution in [0.1, 0.15) is 0 Å². The molecule has 0 amide bonds. The first-order chi connectivity index (χ1) is 7.08. The molecule has 1 atom stereocenters. The Balaban J connectivity index is 2.76. The van der Waals surface area contributed by atoms with E-state index >= 15 is 0 Å². The molecule has 0 aliphatic rings. The number of hydrogen-bond acceptors (Lipinski definition) is 4. The maximum Gasteiger partial charge on any atom is 0.224 e. The summed E-state index contributed by atoms with van der Waals surface area (Å²) in [5.74, 6) is 0. The minimum absolute atomic E-state index is 0.0310. The molecule has 0 aliphatic carbocycles. The molecule has 78 valence electrons. The van der Waals surface area contributed by atoms with Crippen LogP contribution in [0.25, 0.3) is 10.9 Å². The minimum Gasteiger partial charge on any atom is -0.768 e. The maximum atomic E-state index is 10.7. The quantitative estimate of drug-likeness (QED) is 0.448. The molecule has 0 radical (unpaired) electrons. The summed E-state index contributed by atoms with van der Waals surface area (Å²) in [6.45, 7) is 0. The van der Waals surface area contributed by atoms with Crippen molar-refractivity contribution in [3.05, 3.63) is 28.6 Å². The summed E-state index contributed by atoms with van der Waals surface area (Å²) in [6, 6.07) is 4.35. The number of fused-ring (bicyclic) bond motifs is 1. The standard InChI is InChI=1S/C8H4Cl2N2O2S/c9-7-5-3-4(15(13)14)1-2-6(5)11-8(10)12-7/h1-3H,(H,13,14)/p-1. The van der Waals surface area contributed by atoms with Gasteiger partial charge in [-0.2, -0.15) is 0 Å². The Morgan fingerprint density at radius 1 is 1.27 bits per heavy atom. The Morgan fingerprint density at radius 2 is 2.00 bits per heavy atom. The summed E-state index contributed by atoms with van der Waals surface area (Å²) in [5.41, 5.74) is 0.509. The summed E-state index contributed by atoms with van der Waals surface area (Å²) in [4.78, 5) is 7.76.